The third-order valence-electron chi connectivity index (χ3n) is 4.17. The summed E-state index contributed by atoms with van der Waals surface area (Å²) in [7, 11) is -3.93. The van der Waals surface area contributed by atoms with Gasteiger partial charge in [-0.3, -0.25) is 9.52 Å². The first kappa shape index (κ1) is 18.4. The van der Waals surface area contributed by atoms with Crippen molar-refractivity contribution in [3.63, 3.8) is 0 Å². The van der Waals surface area contributed by atoms with Crippen molar-refractivity contribution in [3.8, 4) is 0 Å². The highest BCUT2D eigenvalue weighted by Crippen LogP contribution is 2.24. The molecule has 1 aliphatic heterocycles. The standard InChI is InChI=1S/C17H21N3O5S/c1-11-16(12(2)25-19-11)26(22,23)20-15-8-4-3-7-14(15)17(21)18-10-13-6-5-9-24-13/h3-4,7-8,13,20H,5-6,9-10H2,1-2H3,(H,18,21)/t13-/m0/s1. The lowest BCUT2D eigenvalue weighted by Gasteiger charge is -2.14. The molecule has 8 nitrogen and oxygen atoms in total. The van der Waals surface area contributed by atoms with Crippen LogP contribution in [-0.2, 0) is 14.8 Å². The smallest absolute Gasteiger partial charge is 0.267 e. The van der Waals surface area contributed by atoms with Gasteiger partial charge in [0.2, 0.25) is 0 Å². The van der Waals surface area contributed by atoms with Gasteiger partial charge in [-0.2, -0.15) is 0 Å². The maximum Gasteiger partial charge on any atom is 0.267 e. The zero-order valence-electron chi connectivity index (χ0n) is 14.6. The number of aromatic nitrogens is 1. The Morgan fingerprint density at radius 2 is 2.08 bits per heavy atom. The third-order valence-corrected chi connectivity index (χ3v) is 5.78. The van der Waals surface area contributed by atoms with Crippen LogP contribution in [0.4, 0.5) is 5.69 Å². The van der Waals surface area contributed by atoms with Crippen LogP contribution < -0.4 is 10.0 Å². The van der Waals surface area contributed by atoms with Gasteiger partial charge in [0.05, 0.1) is 17.4 Å². The number of nitrogens with one attached hydrogen (secondary N) is 2. The number of anilines is 1. The van der Waals surface area contributed by atoms with E-state index in [1.807, 2.05) is 0 Å². The second-order valence-corrected chi connectivity index (χ2v) is 7.77. The maximum atomic E-state index is 12.7. The molecular weight excluding hydrogens is 358 g/mol. The minimum absolute atomic E-state index is 0.00473. The van der Waals surface area contributed by atoms with E-state index in [4.69, 9.17) is 9.26 Å². The lowest BCUT2D eigenvalue weighted by molar-refractivity contribution is 0.0858. The molecule has 0 spiro atoms. The Bertz CT molecular complexity index is 881. The Morgan fingerprint density at radius 3 is 2.73 bits per heavy atom. The SMILES string of the molecule is Cc1noc(C)c1S(=O)(=O)Nc1ccccc1C(=O)NC[C@@H]1CCCO1. The third kappa shape index (κ3) is 3.88. The van der Waals surface area contributed by atoms with Gasteiger partial charge >= 0.3 is 0 Å². The molecule has 26 heavy (non-hydrogen) atoms. The Balaban J connectivity index is 1.79. The highest BCUT2D eigenvalue weighted by atomic mass is 32.2. The highest BCUT2D eigenvalue weighted by molar-refractivity contribution is 7.92. The molecule has 3 rings (SSSR count). The van der Waals surface area contributed by atoms with Crippen LogP contribution >= 0.6 is 0 Å². The van der Waals surface area contributed by atoms with Crippen molar-refractivity contribution >= 4 is 21.6 Å². The molecule has 1 aromatic heterocycles. The summed E-state index contributed by atoms with van der Waals surface area (Å²) in [5.74, 6) is -0.173. The summed E-state index contributed by atoms with van der Waals surface area (Å²) in [5.41, 5.74) is 0.688. The second kappa shape index (κ2) is 7.46. The first-order valence-corrected chi connectivity index (χ1v) is 9.81. The summed E-state index contributed by atoms with van der Waals surface area (Å²) in [6.07, 6.45) is 1.89. The van der Waals surface area contributed by atoms with Crippen molar-refractivity contribution in [3.05, 3.63) is 41.3 Å². The number of para-hydroxylation sites is 1. The summed E-state index contributed by atoms with van der Waals surface area (Å²) in [4.78, 5) is 12.5. The van der Waals surface area contributed by atoms with Gasteiger partial charge in [-0.05, 0) is 38.8 Å². The van der Waals surface area contributed by atoms with E-state index < -0.39 is 10.0 Å². The number of hydrogen-bond donors (Lipinski definition) is 2. The minimum atomic E-state index is -3.93. The van der Waals surface area contributed by atoms with E-state index >= 15 is 0 Å². The number of carbonyl (C=O) groups is 1. The number of ether oxygens (including phenoxy) is 1. The second-order valence-electron chi connectivity index (χ2n) is 6.15. The quantitative estimate of drug-likeness (QED) is 0.794. The van der Waals surface area contributed by atoms with Gasteiger partial charge in [0.1, 0.15) is 5.69 Å². The fourth-order valence-corrected chi connectivity index (χ4v) is 4.34. The molecule has 1 aromatic carbocycles. The molecule has 2 aromatic rings. The minimum Gasteiger partial charge on any atom is -0.376 e. The molecule has 1 atom stereocenters. The Kier molecular flexibility index (Phi) is 5.28. The van der Waals surface area contributed by atoms with Crippen LogP contribution in [-0.4, -0.2) is 38.7 Å². The molecule has 1 amide bonds. The van der Waals surface area contributed by atoms with E-state index in [0.717, 1.165) is 12.8 Å². The number of benzene rings is 1. The van der Waals surface area contributed by atoms with Crippen molar-refractivity contribution in [2.75, 3.05) is 17.9 Å². The molecule has 1 saturated heterocycles. The highest BCUT2D eigenvalue weighted by Gasteiger charge is 2.26. The predicted octanol–water partition coefficient (Wildman–Crippen LogP) is 2.00. The molecule has 9 heteroatoms. The summed E-state index contributed by atoms with van der Waals surface area (Å²) in [5, 5.41) is 6.46. The van der Waals surface area contributed by atoms with Crippen LogP contribution in [0, 0.1) is 13.8 Å². The molecule has 0 saturated carbocycles. The molecule has 0 unspecified atom stereocenters. The van der Waals surface area contributed by atoms with Crippen molar-refractivity contribution in [2.24, 2.45) is 0 Å². The molecular formula is C17H21N3O5S. The van der Waals surface area contributed by atoms with Crippen LogP contribution in [0.2, 0.25) is 0 Å². The van der Waals surface area contributed by atoms with Gasteiger partial charge in [-0.1, -0.05) is 17.3 Å². The average molecular weight is 379 g/mol. The van der Waals surface area contributed by atoms with Crippen molar-refractivity contribution in [2.45, 2.75) is 37.7 Å². The number of amides is 1. The van der Waals surface area contributed by atoms with Crippen LogP contribution in [0.1, 0.15) is 34.7 Å². The fourth-order valence-electron chi connectivity index (χ4n) is 2.93. The molecule has 1 fully saturated rings. The molecule has 2 N–H and O–H groups in total. The molecule has 1 aliphatic rings. The van der Waals surface area contributed by atoms with E-state index in [1.54, 1.807) is 25.1 Å². The van der Waals surface area contributed by atoms with Crippen molar-refractivity contribution < 1.29 is 22.5 Å². The van der Waals surface area contributed by atoms with Gasteiger partial charge in [0.25, 0.3) is 15.9 Å². The van der Waals surface area contributed by atoms with Crippen molar-refractivity contribution in [1.29, 1.82) is 0 Å². The number of sulfonamides is 1. The average Bonchev–Trinajstić information content (AvgIpc) is 3.22. The molecule has 0 aliphatic carbocycles. The first-order chi connectivity index (χ1) is 12.4. The van der Waals surface area contributed by atoms with Gasteiger partial charge < -0.3 is 14.6 Å². The lowest BCUT2D eigenvalue weighted by Crippen LogP contribution is -2.32. The molecule has 140 valence electrons. The molecule has 0 bridgehead atoms. The largest absolute Gasteiger partial charge is 0.376 e. The van der Waals surface area contributed by atoms with E-state index in [-0.39, 0.29) is 39.6 Å². The van der Waals surface area contributed by atoms with E-state index in [2.05, 4.69) is 15.2 Å². The Morgan fingerprint density at radius 1 is 1.31 bits per heavy atom. The Labute approximate surface area is 152 Å². The number of aryl methyl sites for hydroxylation is 2. The normalized spacial score (nSPS) is 17.2. The summed E-state index contributed by atoms with van der Waals surface area (Å²) in [6, 6.07) is 6.43. The summed E-state index contributed by atoms with van der Waals surface area (Å²) >= 11 is 0. The van der Waals surface area contributed by atoms with Gasteiger partial charge in [0.15, 0.2) is 10.7 Å². The van der Waals surface area contributed by atoms with Crippen LogP contribution in [0.3, 0.4) is 0 Å². The number of hydrogen-bond acceptors (Lipinski definition) is 6. The van der Waals surface area contributed by atoms with Crippen molar-refractivity contribution in [1.82, 2.24) is 10.5 Å². The van der Waals surface area contributed by atoms with Crippen LogP contribution in [0.5, 0.6) is 0 Å². The summed E-state index contributed by atoms with van der Waals surface area (Å²) in [6.45, 7) is 4.16. The topological polar surface area (TPSA) is 111 Å². The van der Waals surface area contributed by atoms with Gasteiger partial charge in [0, 0.05) is 13.2 Å². The van der Waals surface area contributed by atoms with E-state index in [0.29, 0.717) is 13.2 Å². The monoisotopic (exact) mass is 379 g/mol. The lowest BCUT2D eigenvalue weighted by atomic mass is 10.1. The maximum absolute atomic E-state index is 12.7. The molecule has 0 radical (unpaired) electrons. The van der Waals surface area contributed by atoms with E-state index in [9.17, 15) is 13.2 Å². The number of rotatable bonds is 6. The van der Waals surface area contributed by atoms with Crippen LogP contribution in [0.25, 0.3) is 0 Å². The number of nitrogens with zero attached hydrogens (tertiary/aromatic N) is 1. The summed E-state index contributed by atoms with van der Waals surface area (Å²) < 4.78 is 38.2. The van der Waals surface area contributed by atoms with Crippen LogP contribution in [0.15, 0.2) is 33.7 Å². The van der Waals surface area contributed by atoms with Gasteiger partial charge in [-0.15, -0.1) is 0 Å². The zero-order valence-corrected chi connectivity index (χ0v) is 15.4. The van der Waals surface area contributed by atoms with E-state index in [1.165, 1.54) is 13.0 Å². The van der Waals surface area contributed by atoms with Gasteiger partial charge in [-0.25, -0.2) is 8.42 Å². The predicted molar refractivity (Wildman–Crippen MR) is 94.5 cm³/mol. The first-order valence-electron chi connectivity index (χ1n) is 8.33. The number of carbonyl (C=O) groups excluding carboxylic acids is 1. The Hall–Kier alpha value is -2.39. The zero-order chi connectivity index (χ0) is 18.7. The fraction of sp³-hybridized carbons (Fsp3) is 0.412. The molecule has 2 heterocycles.